The summed E-state index contributed by atoms with van der Waals surface area (Å²) in [5.41, 5.74) is 1.99. The quantitative estimate of drug-likeness (QED) is 0.551. The first-order valence-corrected chi connectivity index (χ1v) is 11.8. The lowest BCUT2D eigenvalue weighted by Gasteiger charge is -2.16. The fourth-order valence-corrected chi connectivity index (χ4v) is 4.47. The molecule has 1 unspecified atom stereocenters. The Balaban J connectivity index is 2.19. The van der Waals surface area contributed by atoms with Crippen LogP contribution in [0.5, 0.6) is 11.6 Å². The number of carbonyl (C=O) groups excluding carboxylic acids is 1. The molecule has 8 heteroatoms. The first-order chi connectivity index (χ1) is 14.6. The fraction of sp³-hybridized carbons (Fsp3) is 0.304. The predicted molar refractivity (Wildman–Crippen MR) is 119 cm³/mol. The van der Waals surface area contributed by atoms with Crippen LogP contribution in [0.2, 0.25) is 0 Å². The summed E-state index contributed by atoms with van der Waals surface area (Å²) in [6.07, 6.45) is 3.23. The molecule has 1 heterocycles. The van der Waals surface area contributed by atoms with Gasteiger partial charge in [0, 0.05) is 17.4 Å². The van der Waals surface area contributed by atoms with E-state index >= 15 is 0 Å². The zero-order chi connectivity index (χ0) is 22.9. The van der Waals surface area contributed by atoms with Crippen molar-refractivity contribution < 1.29 is 23.1 Å². The van der Waals surface area contributed by atoms with Gasteiger partial charge in [0.15, 0.2) is 15.6 Å². The molecule has 0 aliphatic rings. The zero-order valence-corrected chi connectivity index (χ0v) is 19.0. The van der Waals surface area contributed by atoms with Gasteiger partial charge < -0.3 is 9.84 Å². The van der Waals surface area contributed by atoms with E-state index in [0.29, 0.717) is 28.0 Å². The van der Waals surface area contributed by atoms with Crippen LogP contribution in [-0.4, -0.2) is 42.5 Å². The van der Waals surface area contributed by atoms with Gasteiger partial charge in [-0.05, 0) is 55.7 Å². The molecule has 0 bridgehead atoms. The van der Waals surface area contributed by atoms with Crippen molar-refractivity contribution in [2.75, 3.05) is 13.4 Å². The van der Waals surface area contributed by atoms with E-state index < -0.39 is 15.6 Å². The molecule has 3 aromatic rings. The van der Waals surface area contributed by atoms with E-state index in [2.05, 4.69) is 5.10 Å². The molecule has 0 amide bonds. The monoisotopic (exact) mass is 442 g/mol. The molecule has 0 saturated heterocycles. The molecule has 0 spiro atoms. The van der Waals surface area contributed by atoms with Crippen LogP contribution in [0, 0.1) is 6.92 Å². The number of aromatic hydroxyl groups is 1. The Morgan fingerprint density at radius 3 is 2.35 bits per heavy atom. The number of hydrogen-bond donors (Lipinski definition) is 1. The van der Waals surface area contributed by atoms with E-state index in [4.69, 9.17) is 4.74 Å². The zero-order valence-electron chi connectivity index (χ0n) is 18.2. The van der Waals surface area contributed by atoms with E-state index in [1.165, 1.54) is 23.0 Å². The highest BCUT2D eigenvalue weighted by Crippen LogP contribution is 2.35. The van der Waals surface area contributed by atoms with Crippen LogP contribution >= 0.6 is 0 Å². The summed E-state index contributed by atoms with van der Waals surface area (Å²) in [5, 5.41) is 14.7. The first kappa shape index (κ1) is 22.6. The molecule has 164 valence electrons. The van der Waals surface area contributed by atoms with Crippen LogP contribution < -0.4 is 4.74 Å². The van der Waals surface area contributed by atoms with Crippen molar-refractivity contribution in [2.24, 2.45) is 0 Å². The molecule has 0 saturated carbocycles. The number of ether oxygens (including phenoxy) is 1. The number of benzene rings is 2. The summed E-state index contributed by atoms with van der Waals surface area (Å²) in [6.45, 7) is 5.56. The molecule has 3 rings (SSSR count). The van der Waals surface area contributed by atoms with Gasteiger partial charge in [-0.25, -0.2) is 13.1 Å². The van der Waals surface area contributed by atoms with E-state index in [-0.39, 0.29) is 22.4 Å². The van der Waals surface area contributed by atoms with Gasteiger partial charge in [-0.2, -0.15) is 5.10 Å². The minimum absolute atomic E-state index is 0.0647. The minimum Gasteiger partial charge on any atom is -0.497 e. The summed E-state index contributed by atoms with van der Waals surface area (Å²) in [7, 11) is -2.00. The molecule has 0 fully saturated rings. The maximum absolute atomic E-state index is 13.3. The average molecular weight is 443 g/mol. The topological polar surface area (TPSA) is 98.5 Å². The third-order valence-corrected chi connectivity index (χ3v) is 6.61. The second kappa shape index (κ2) is 8.55. The molecule has 31 heavy (non-hydrogen) atoms. The highest BCUT2D eigenvalue weighted by Gasteiger charge is 2.25. The molecule has 1 aromatic heterocycles. The number of hydrogen-bond acceptors (Lipinski definition) is 6. The van der Waals surface area contributed by atoms with Gasteiger partial charge in [-0.15, -0.1) is 0 Å². The molecule has 0 radical (unpaired) electrons. The second-order valence-electron chi connectivity index (χ2n) is 7.52. The lowest BCUT2D eigenvalue weighted by atomic mass is 9.92. The van der Waals surface area contributed by atoms with Crippen molar-refractivity contribution in [3.05, 3.63) is 59.3 Å². The summed E-state index contributed by atoms with van der Waals surface area (Å²) in [6, 6.07) is 9.83. The van der Waals surface area contributed by atoms with Crippen LogP contribution in [0.1, 0.15) is 47.8 Å². The van der Waals surface area contributed by atoms with E-state index in [1.807, 2.05) is 13.8 Å². The number of nitrogens with zero attached hydrogens (tertiary/aromatic N) is 2. The van der Waals surface area contributed by atoms with Crippen LogP contribution in [-0.2, 0) is 9.84 Å². The van der Waals surface area contributed by atoms with Gasteiger partial charge >= 0.3 is 0 Å². The molecule has 1 atom stereocenters. The Morgan fingerprint density at radius 2 is 1.81 bits per heavy atom. The number of sulfone groups is 1. The van der Waals surface area contributed by atoms with Gasteiger partial charge in [0.25, 0.3) is 0 Å². The number of aromatic nitrogens is 2. The summed E-state index contributed by atoms with van der Waals surface area (Å²) in [4.78, 5) is 13.4. The maximum Gasteiger partial charge on any atom is 0.221 e. The van der Waals surface area contributed by atoms with Crippen molar-refractivity contribution in [2.45, 2.75) is 38.1 Å². The SMILES string of the molecule is CCC(C)n1ncc(C(=O)c2ccc(S(C)(=O)=O)c(-c3ccc(OC)cc3)c2C)c1O. The second-order valence-corrected chi connectivity index (χ2v) is 9.51. The van der Waals surface area contributed by atoms with Crippen molar-refractivity contribution in [1.82, 2.24) is 9.78 Å². The van der Waals surface area contributed by atoms with Crippen LogP contribution in [0.3, 0.4) is 0 Å². The Kier molecular flexibility index (Phi) is 6.22. The maximum atomic E-state index is 13.3. The van der Waals surface area contributed by atoms with Gasteiger partial charge in [-0.1, -0.05) is 19.1 Å². The molecule has 0 aliphatic carbocycles. The molecule has 2 aromatic carbocycles. The number of ketones is 1. The number of carbonyl (C=O) groups is 1. The minimum atomic E-state index is -3.55. The highest BCUT2D eigenvalue weighted by atomic mass is 32.2. The first-order valence-electron chi connectivity index (χ1n) is 9.89. The van der Waals surface area contributed by atoms with Crippen molar-refractivity contribution in [3.8, 4) is 22.8 Å². The Bertz CT molecular complexity index is 1230. The number of methoxy groups -OCH3 is 1. The van der Waals surface area contributed by atoms with Crippen molar-refractivity contribution in [1.29, 1.82) is 0 Å². The summed E-state index contributed by atoms with van der Waals surface area (Å²) < 4.78 is 31.5. The average Bonchev–Trinajstić information content (AvgIpc) is 3.13. The third-order valence-electron chi connectivity index (χ3n) is 5.47. The molecule has 1 N–H and O–H groups in total. The Labute approximate surface area is 182 Å². The van der Waals surface area contributed by atoms with Crippen molar-refractivity contribution in [3.63, 3.8) is 0 Å². The predicted octanol–water partition coefficient (Wildman–Crippen LogP) is 4.18. The standard InChI is InChI=1S/C23H26N2O5S/c1-6-14(2)25-23(27)19(13-24-25)22(26)18-11-12-20(31(5,28)29)21(15(18)3)16-7-9-17(30-4)10-8-16/h7-14,27H,6H2,1-5H3. The summed E-state index contributed by atoms with van der Waals surface area (Å²) in [5.74, 6) is 0.0215. The van der Waals surface area contributed by atoms with Crippen LogP contribution in [0.4, 0.5) is 0 Å². The third kappa shape index (κ3) is 4.20. The molecule has 0 aliphatic heterocycles. The fourth-order valence-electron chi connectivity index (χ4n) is 3.51. The molecular formula is C23H26N2O5S. The van der Waals surface area contributed by atoms with E-state index in [9.17, 15) is 18.3 Å². The van der Waals surface area contributed by atoms with Crippen LogP contribution in [0.25, 0.3) is 11.1 Å². The molecule has 7 nitrogen and oxygen atoms in total. The highest BCUT2D eigenvalue weighted by molar-refractivity contribution is 7.90. The lowest BCUT2D eigenvalue weighted by Crippen LogP contribution is -2.09. The summed E-state index contributed by atoms with van der Waals surface area (Å²) >= 11 is 0. The van der Waals surface area contributed by atoms with Gasteiger partial charge in [0.1, 0.15) is 11.3 Å². The Morgan fingerprint density at radius 1 is 1.16 bits per heavy atom. The lowest BCUT2D eigenvalue weighted by molar-refractivity contribution is 0.103. The van der Waals surface area contributed by atoms with Gasteiger partial charge in [-0.3, -0.25) is 4.79 Å². The normalized spacial score (nSPS) is 12.5. The van der Waals surface area contributed by atoms with E-state index in [0.717, 1.165) is 12.7 Å². The Hall–Kier alpha value is -3.13. The van der Waals surface area contributed by atoms with Crippen molar-refractivity contribution >= 4 is 15.6 Å². The van der Waals surface area contributed by atoms with Gasteiger partial charge in [0.05, 0.1) is 24.2 Å². The smallest absolute Gasteiger partial charge is 0.221 e. The van der Waals surface area contributed by atoms with Crippen LogP contribution in [0.15, 0.2) is 47.5 Å². The van der Waals surface area contributed by atoms with E-state index in [1.54, 1.807) is 38.3 Å². The molecular weight excluding hydrogens is 416 g/mol. The van der Waals surface area contributed by atoms with Gasteiger partial charge in [0.2, 0.25) is 5.88 Å². The number of rotatable bonds is 7. The largest absolute Gasteiger partial charge is 0.497 e.